The zero-order chi connectivity index (χ0) is 12.9. The van der Waals surface area contributed by atoms with Gasteiger partial charge < -0.3 is 10.2 Å². The molecule has 2 nitrogen and oxygen atoms in total. The van der Waals surface area contributed by atoms with Crippen molar-refractivity contribution in [1.29, 1.82) is 0 Å². The van der Waals surface area contributed by atoms with E-state index in [1.807, 2.05) is 0 Å². The number of rotatable bonds is 7. The Kier molecular flexibility index (Phi) is 5.63. The van der Waals surface area contributed by atoms with Crippen molar-refractivity contribution in [1.82, 2.24) is 0 Å². The van der Waals surface area contributed by atoms with E-state index < -0.39 is 0 Å². The van der Waals surface area contributed by atoms with Crippen molar-refractivity contribution in [2.24, 2.45) is 11.3 Å². The van der Waals surface area contributed by atoms with Crippen LogP contribution in [0.1, 0.15) is 36.9 Å². The molecule has 98 valence electrons. The normalized spacial score (nSPS) is 12.4. The Hall–Kier alpha value is -0.380. The van der Waals surface area contributed by atoms with Gasteiger partial charge in [-0.3, -0.25) is 0 Å². The second-order valence-electron chi connectivity index (χ2n) is 5.31. The van der Waals surface area contributed by atoms with Gasteiger partial charge in [0, 0.05) is 15.2 Å². The molecule has 0 aromatic carbocycles. The van der Waals surface area contributed by atoms with Gasteiger partial charge in [0.25, 0.3) is 0 Å². The molecule has 0 saturated heterocycles. The average Bonchev–Trinajstić information content (AvgIpc) is 2.75. The summed E-state index contributed by atoms with van der Waals surface area (Å²) in [6, 6.07) is 4.28. The molecular weight excluding hydrogens is 232 g/mol. The lowest BCUT2D eigenvalue weighted by atomic mass is 9.78. The summed E-state index contributed by atoms with van der Waals surface area (Å²) in [5, 5.41) is 19.2. The smallest absolute Gasteiger partial charge is 0.0513 e. The average molecular weight is 256 g/mol. The number of thiophene rings is 1. The summed E-state index contributed by atoms with van der Waals surface area (Å²) in [6.45, 7) is 6.52. The molecule has 1 rings (SSSR count). The van der Waals surface area contributed by atoms with Crippen molar-refractivity contribution < 1.29 is 10.2 Å². The van der Waals surface area contributed by atoms with Gasteiger partial charge in [-0.1, -0.05) is 20.8 Å². The fourth-order valence-electron chi connectivity index (χ4n) is 2.31. The summed E-state index contributed by atoms with van der Waals surface area (Å²) in [5.74, 6) is 0.486. The van der Waals surface area contributed by atoms with Crippen LogP contribution in [0.2, 0.25) is 0 Å². The van der Waals surface area contributed by atoms with Crippen LogP contribution in [-0.2, 0) is 12.8 Å². The number of aryl methyl sites for hydroxylation is 1. The van der Waals surface area contributed by atoms with Crippen LogP contribution in [0.15, 0.2) is 12.1 Å². The van der Waals surface area contributed by atoms with Gasteiger partial charge in [-0.05, 0) is 37.3 Å². The van der Waals surface area contributed by atoms with Gasteiger partial charge in [-0.25, -0.2) is 0 Å². The van der Waals surface area contributed by atoms with Crippen LogP contribution in [-0.4, -0.2) is 23.4 Å². The number of aliphatic hydroxyl groups excluding tert-OH is 2. The molecule has 2 N–H and O–H groups in total. The third-order valence-electron chi connectivity index (χ3n) is 3.13. The van der Waals surface area contributed by atoms with Crippen molar-refractivity contribution in [3.63, 3.8) is 0 Å². The molecule has 0 aliphatic rings. The first-order valence-electron chi connectivity index (χ1n) is 6.34. The Bertz CT molecular complexity index is 327. The van der Waals surface area contributed by atoms with Crippen molar-refractivity contribution in [3.05, 3.63) is 21.9 Å². The fourth-order valence-corrected chi connectivity index (χ4v) is 3.44. The first kappa shape index (κ1) is 14.7. The van der Waals surface area contributed by atoms with Crippen LogP contribution in [0.4, 0.5) is 0 Å². The van der Waals surface area contributed by atoms with Gasteiger partial charge in [0.15, 0.2) is 0 Å². The second kappa shape index (κ2) is 6.53. The zero-order valence-electron chi connectivity index (χ0n) is 11.1. The van der Waals surface area contributed by atoms with E-state index in [2.05, 4.69) is 32.9 Å². The van der Waals surface area contributed by atoms with E-state index in [4.69, 9.17) is 0 Å². The molecule has 0 amide bonds. The molecule has 0 radical (unpaired) electrons. The molecule has 0 atom stereocenters. The van der Waals surface area contributed by atoms with E-state index in [0.29, 0.717) is 5.92 Å². The largest absolute Gasteiger partial charge is 0.396 e. The number of hydrogen-bond donors (Lipinski definition) is 2. The quantitative estimate of drug-likeness (QED) is 0.787. The van der Waals surface area contributed by atoms with E-state index >= 15 is 0 Å². The number of hydrogen-bond acceptors (Lipinski definition) is 3. The Labute approximate surface area is 108 Å². The summed E-state index contributed by atoms with van der Waals surface area (Å²) >= 11 is 1.80. The molecular formula is C14H24O2S. The van der Waals surface area contributed by atoms with Gasteiger partial charge >= 0.3 is 0 Å². The maximum atomic E-state index is 9.60. The summed E-state index contributed by atoms with van der Waals surface area (Å²) in [7, 11) is 0. The van der Waals surface area contributed by atoms with Crippen LogP contribution in [0.5, 0.6) is 0 Å². The molecule has 1 aromatic rings. The van der Waals surface area contributed by atoms with Crippen LogP contribution in [0, 0.1) is 11.3 Å². The lowest BCUT2D eigenvalue weighted by molar-refractivity contribution is 0.0376. The second-order valence-corrected chi connectivity index (χ2v) is 6.57. The van der Waals surface area contributed by atoms with E-state index in [-0.39, 0.29) is 18.6 Å². The van der Waals surface area contributed by atoms with Gasteiger partial charge in [0.2, 0.25) is 0 Å². The summed E-state index contributed by atoms with van der Waals surface area (Å²) in [6.07, 6.45) is 2.70. The van der Waals surface area contributed by atoms with Crippen molar-refractivity contribution >= 4 is 11.3 Å². The maximum absolute atomic E-state index is 9.60. The minimum atomic E-state index is -0.357. The van der Waals surface area contributed by atoms with E-state index in [9.17, 15) is 10.2 Å². The highest BCUT2D eigenvalue weighted by Gasteiger charge is 2.30. The summed E-state index contributed by atoms with van der Waals surface area (Å²) < 4.78 is 0. The molecule has 3 heteroatoms. The molecule has 0 spiro atoms. The molecule has 0 saturated carbocycles. The van der Waals surface area contributed by atoms with Crippen LogP contribution >= 0.6 is 11.3 Å². The Balaban J connectivity index is 2.78. The Morgan fingerprint density at radius 3 is 2.18 bits per heavy atom. The monoisotopic (exact) mass is 256 g/mol. The topological polar surface area (TPSA) is 40.5 Å². The molecule has 0 aliphatic carbocycles. The van der Waals surface area contributed by atoms with E-state index in [1.54, 1.807) is 11.3 Å². The standard InChI is InChI=1S/C14H24O2S/c1-4-12-5-6-13(17-12)8-14(9-15,10-16)7-11(2)3/h5-6,11,15-16H,4,7-10H2,1-3H3. The summed E-state index contributed by atoms with van der Waals surface area (Å²) in [5.41, 5.74) is -0.357. The predicted molar refractivity (Wildman–Crippen MR) is 73.5 cm³/mol. The highest BCUT2D eigenvalue weighted by Crippen LogP contribution is 2.32. The molecule has 17 heavy (non-hydrogen) atoms. The van der Waals surface area contributed by atoms with E-state index in [1.165, 1.54) is 9.75 Å². The highest BCUT2D eigenvalue weighted by atomic mass is 32.1. The minimum Gasteiger partial charge on any atom is -0.396 e. The lowest BCUT2D eigenvalue weighted by Crippen LogP contribution is -2.33. The first-order chi connectivity index (χ1) is 8.05. The first-order valence-corrected chi connectivity index (χ1v) is 7.16. The van der Waals surface area contributed by atoms with Crippen LogP contribution in [0.25, 0.3) is 0 Å². The van der Waals surface area contributed by atoms with Crippen molar-refractivity contribution in [3.8, 4) is 0 Å². The van der Waals surface area contributed by atoms with Crippen LogP contribution < -0.4 is 0 Å². The van der Waals surface area contributed by atoms with Crippen molar-refractivity contribution in [2.75, 3.05) is 13.2 Å². The van der Waals surface area contributed by atoms with Gasteiger partial charge in [0.05, 0.1) is 13.2 Å². The molecule has 0 bridgehead atoms. The molecule has 0 aliphatic heterocycles. The fraction of sp³-hybridized carbons (Fsp3) is 0.714. The predicted octanol–water partition coefficient (Wildman–Crippen LogP) is 2.87. The van der Waals surface area contributed by atoms with E-state index in [0.717, 1.165) is 19.3 Å². The Morgan fingerprint density at radius 2 is 1.76 bits per heavy atom. The number of aliphatic hydroxyl groups is 2. The third kappa shape index (κ3) is 4.09. The van der Waals surface area contributed by atoms with Crippen molar-refractivity contribution in [2.45, 2.75) is 40.0 Å². The molecule has 1 heterocycles. The zero-order valence-corrected chi connectivity index (χ0v) is 11.9. The lowest BCUT2D eigenvalue weighted by Gasteiger charge is -2.31. The Morgan fingerprint density at radius 1 is 1.18 bits per heavy atom. The molecule has 0 unspecified atom stereocenters. The maximum Gasteiger partial charge on any atom is 0.0513 e. The molecule has 1 aromatic heterocycles. The van der Waals surface area contributed by atoms with Gasteiger partial charge in [-0.2, -0.15) is 0 Å². The van der Waals surface area contributed by atoms with Crippen LogP contribution in [0.3, 0.4) is 0 Å². The SMILES string of the molecule is CCc1ccc(CC(CO)(CO)CC(C)C)s1. The third-order valence-corrected chi connectivity index (χ3v) is 4.36. The van der Waals surface area contributed by atoms with Gasteiger partial charge in [0.1, 0.15) is 0 Å². The minimum absolute atomic E-state index is 0.0566. The molecule has 0 fully saturated rings. The van der Waals surface area contributed by atoms with Gasteiger partial charge in [-0.15, -0.1) is 11.3 Å². The highest BCUT2D eigenvalue weighted by molar-refractivity contribution is 7.11. The summed E-state index contributed by atoms with van der Waals surface area (Å²) in [4.78, 5) is 2.64.